The van der Waals surface area contributed by atoms with E-state index in [-0.39, 0.29) is 0 Å². The quantitative estimate of drug-likeness (QED) is 0.770. The molecule has 0 amide bonds. The van der Waals surface area contributed by atoms with Gasteiger partial charge in [-0.2, -0.15) is 0 Å². The first kappa shape index (κ1) is 15.3. The minimum atomic E-state index is 0.330. The Morgan fingerprint density at radius 2 is 2.14 bits per heavy atom. The van der Waals surface area contributed by atoms with Crippen LogP contribution in [0.3, 0.4) is 0 Å². The molecule has 1 aliphatic heterocycles. The number of rotatable bonds is 4. The minimum absolute atomic E-state index is 0.330. The van der Waals surface area contributed by atoms with Crippen LogP contribution >= 0.6 is 27.5 Å². The molecule has 1 saturated heterocycles. The van der Waals surface area contributed by atoms with E-state index in [1.807, 2.05) is 12.1 Å². The van der Waals surface area contributed by atoms with Crippen LogP contribution in [0.2, 0.25) is 0 Å². The summed E-state index contributed by atoms with van der Waals surface area (Å²) in [5.41, 5.74) is 2.14. The minimum Gasteiger partial charge on any atom is -0.379 e. The van der Waals surface area contributed by atoms with Crippen LogP contribution in [-0.2, 0) is 10.6 Å². The number of ether oxygens (including phenoxy) is 1. The Hall–Kier alpha value is -0.620. The fraction of sp³-hybridized carbons (Fsp3) is 0.533. The average Bonchev–Trinajstić information content (AvgIpc) is 2.86. The molecule has 2 heterocycles. The number of halogens is 2. The van der Waals surface area contributed by atoms with Gasteiger partial charge in [-0.1, -0.05) is 15.9 Å². The van der Waals surface area contributed by atoms with Gasteiger partial charge in [-0.3, -0.25) is 4.90 Å². The summed E-state index contributed by atoms with van der Waals surface area (Å²) in [5.74, 6) is 1.37. The molecule has 0 radical (unpaired) electrons. The van der Waals surface area contributed by atoms with Crippen molar-refractivity contribution in [2.24, 2.45) is 0 Å². The largest absolute Gasteiger partial charge is 0.379 e. The Kier molecular flexibility index (Phi) is 4.84. The summed E-state index contributed by atoms with van der Waals surface area (Å²) in [7, 11) is 0. The summed E-state index contributed by atoms with van der Waals surface area (Å²) in [6.07, 6.45) is 0. The van der Waals surface area contributed by atoms with E-state index in [4.69, 9.17) is 16.3 Å². The van der Waals surface area contributed by atoms with Crippen molar-refractivity contribution < 1.29 is 4.74 Å². The van der Waals surface area contributed by atoms with Crippen LogP contribution in [-0.4, -0.2) is 47.3 Å². The van der Waals surface area contributed by atoms with E-state index in [1.54, 1.807) is 0 Å². The average molecular weight is 373 g/mol. The van der Waals surface area contributed by atoms with E-state index >= 15 is 0 Å². The van der Waals surface area contributed by atoms with Crippen molar-refractivity contribution >= 4 is 38.6 Å². The highest BCUT2D eigenvalue weighted by molar-refractivity contribution is 9.10. The van der Waals surface area contributed by atoms with Gasteiger partial charge in [0, 0.05) is 30.1 Å². The molecule has 3 rings (SSSR count). The molecule has 1 atom stereocenters. The molecule has 0 bridgehead atoms. The maximum Gasteiger partial charge on any atom is 0.125 e. The molecule has 2 aromatic rings. The first-order valence-electron chi connectivity index (χ1n) is 7.21. The van der Waals surface area contributed by atoms with E-state index < -0.39 is 0 Å². The number of imidazole rings is 1. The van der Waals surface area contributed by atoms with Crippen LogP contribution in [0.25, 0.3) is 11.0 Å². The highest BCUT2D eigenvalue weighted by atomic mass is 79.9. The number of aromatic nitrogens is 2. The zero-order chi connectivity index (χ0) is 14.8. The molecule has 0 aliphatic carbocycles. The van der Waals surface area contributed by atoms with Crippen LogP contribution in [0.1, 0.15) is 18.8 Å². The highest BCUT2D eigenvalue weighted by Gasteiger charge is 2.19. The van der Waals surface area contributed by atoms with Crippen molar-refractivity contribution in [3.05, 3.63) is 28.5 Å². The van der Waals surface area contributed by atoms with Gasteiger partial charge in [-0.15, -0.1) is 11.6 Å². The monoisotopic (exact) mass is 371 g/mol. The normalized spacial score (nSPS) is 18.2. The molecular formula is C15H19BrClN3O. The van der Waals surface area contributed by atoms with E-state index in [0.717, 1.165) is 54.2 Å². The van der Waals surface area contributed by atoms with Crippen LogP contribution < -0.4 is 0 Å². The molecule has 1 fully saturated rings. The standard InChI is InChI=1S/C15H19BrClN3O/c1-11(10-19-4-6-21-7-5-19)20-14-8-12(16)2-3-13(14)18-15(20)9-17/h2-3,8,11H,4-7,9-10H2,1H3. The molecule has 21 heavy (non-hydrogen) atoms. The first-order valence-corrected chi connectivity index (χ1v) is 8.54. The summed E-state index contributed by atoms with van der Waals surface area (Å²) in [5, 5.41) is 0. The zero-order valence-corrected chi connectivity index (χ0v) is 14.4. The van der Waals surface area contributed by atoms with Crippen molar-refractivity contribution in [1.29, 1.82) is 0 Å². The Morgan fingerprint density at radius 1 is 1.38 bits per heavy atom. The lowest BCUT2D eigenvalue weighted by molar-refractivity contribution is 0.0326. The van der Waals surface area contributed by atoms with Crippen molar-refractivity contribution in [3.63, 3.8) is 0 Å². The third-order valence-corrected chi connectivity index (χ3v) is 4.64. The van der Waals surface area contributed by atoms with Crippen molar-refractivity contribution in [3.8, 4) is 0 Å². The number of alkyl halides is 1. The van der Waals surface area contributed by atoms with Gasteiger partial charge >= 0.3 is 0 Å². The predicted molar refractivity (Wildman–Crippen MR) is 89.0 cm³/mol. The number of morpholine rings is 1. The summed E-state index contributed by atoms with van der Waals surface area (Å²) in [6.45, 7) is 6.86. The van der Waals surface area contributed by atoms with Gasteiger partial charge in [0.25, 0.3) is 0 Å². The predicted octanol–water partition coefficient (Wildman–Crippen LogP) is 3.43. The maximum absolute atomic E-state index is 6.10. The molecule has 114 valence electrons. The summed E-state index contributed by atoms with van der Waals surface area (Å²) in [4.78, 5) is 7.09. The van der Waals surface area contributed by atoms with Gasteiger partial charge in [-0.25, -0.2) is 4.98 Å². The van der Waals surface area contributed by atoms with Gasteiger partial charge < -0.3 is 9.30 Å². The molecule has 1 aliphatic rings. The Morgan fingerprint density at radius 3 is 2.86 bits per heavy atom. The molecule has 1 unspecified atom stereocenters. The van der Waals surface area contributed by atoms with Crippen LogP contribution in [0.4, 0.5) is 0 Å². The fourth-order valence-corrected chi connectivity index (χ4v) is 3.48. The van der Waals surface area contributed by atoms with Gasteiger partial charge in [-0.05, 0) is 25.1 Å². The van der Waals surface area contributed by atoms with Crippen LogP contribution in [0, 0.1) is 0 Å². The smallest absolute Gasteiger partial charge is 0.125 e. The van der Waals surface area contributed by atoms with Crippen molar-refractivity contribution in [1.82, 2.24) is 14.5 Å². The van der Waals surface area contributed by atoms with Crippen molar-refractivity contribution in [2.75, 3.05) is 32.8 Å². The lowest BCUT2D eigenvalue weighted by atomic mass is 10.2. The molecule has 4 nitrogen and oxygen atoms in total. The SMILES string of the molecule is CC(CN1CCOCC1)n1c(CCl)nc2ccc(Br)cc21. The fourth-order valence-electron chi connectivity index (χ4n) is 2.94. The van der Waals surface area contributed by atoms with E-state index in [2.05, 4.69) is 43.4 Å². The van der Waals surface area contributed by atoms with Crippen molar-refractivity contribution in [2.45, 2.75) is 18.8 Å². The summed E-state index contributed by atoms with van der Waals surface area (Å²) in [6, 6.07) is 6.50. The molecule has 0 spiro atoms. The first-order chi connectivity index (χ1) is 10.2. The maximum atomic E-state index is 6.10. The molecule has 0 saturated carbocycles. The third kappa shape index (κ3) is 3.26. The molecule has 1 aromatic heterocycles. The lowest BCUT2D eigenvalue weighted by Gasteiger charge is -2.30. The molecule has 1 aromatic carbocycles. The zero-order valence-electron chi connectivity index (χ0n) is 12.1. The van der Waals surface area contributed by atoms with Gasteiger partial charge in [0.05, 0.1) is 30.1 Å². The lowest BCUT2D eigenvalue weighted by Crippen LogP contribution is -2.39. The van der Waals surface area contributed by atoms with Gasteiger partial charge in [0.15, 0.2) is 0 Å². The number of hydrogen-bond donors (Lipinski definition) is 0. The van der Waals surface area contributed by atoms with Gasteiger partial charge in [0.1, 0.15) is 5.82 Å². The third-order valence-electron chi connectivity index (χ3n) is 3.91. The highest BCUT2D eigenvalue weighted by Crippen LogP contribution is 2.26. The second-order valence-electron chi connectivity index (χ2n) is 5.43. The second-order valence-corrected chi connectivity index (χ2v) is 6.61. The van der Waals surface area contributed by atoms with Gasteiger partial charge in [0.2, 0.25) is 0 Å². The molecule has 6 heteroatoms. The number of hydrogen-bond acceptors (Lipinski definition) is 3. The van der Waals surface area contributed by atoms with E-state index in [1.165, 1.54) is 0 Å². The Labute approximate surface area is 138 Å². The summed E-state index contributed by atoms with van der Waals surface area (Å²) >= 11 is 9.65. The molecule has 0 N–H and O–H groups in total. The Bertz CT molecular complexity index is 625. The van der Waals surface area contributed by atoms with Crippen LogP contribution in [0.15, 0.2) is 22.7 Å². The number of nitrogens with zero attached hydrogens (tertiary/aromatic N) is 3. The Balaban J connectivity index is 1.91. The second kappa shape index (κ2) is 6.65. The van der Waals surface area contributed by atoms with Crippen LogP contribution in [0.5, 0.6) is 0 Å². The van der Waals surface area contributed by atoms with E-state index in [9.17, 15) is 0 Å². The molecular weight excluding hydrogens is 354 g/mol. The number of benzene rings is 1. The van der Waals surface area contributed by atoms with E-state index in [0.29, 0.717) is 11.9 Å². The summed E-state index contributed by atoms with van der Waals surface area (Å²) < 4.78 is 8.75. The number of fused-ring (bicyclic) bond motifs is 1. The topological polar surface area (TPSA) is 30.3 Å².